The molecule has 0 aliphatic heterocycles. The summed E-state index contributed by atoms with van der Waals surface area (Å²) < 4.78 is 4.79. The first-order valence-corrected chi connectivity index (χ1v) is 7.34. The summed E-state index contributed by atoms with van der Waals surface area (Å²) in [7, 11) is 1.31. The first-order valence-electron chi connectivity index (χ1n) is 6.53. The molecule has 0 saturated carbocycles. The number of methoxy groups -OCH3 is 1. The fraction of sp³-hybridized carbons (Fsp3) is 0.250. The summed E-state index contributed by atoms with van der Waals surface area (Å²) in [4.78, 5) is 25.8. The van der Waals surface area contributed by atoms with Crippen LogP contribution in [0, 0.1) is 13.8 Å². The molecule has 0 bridgehead atoms. The average Bonchev–Trinajstić information content (AvgIpc) is 2.91. The number of hydrogen-bond donors (Lipinski definition) is 1. The number of carbonyl (C=O) groups is 2. The van der Waals surface area contributed by atoms with Gasteiger partial charge >= 0.3 is 5.97 Å². The quantitative estimate of drug-likeness (QED) is 0.883. The maximum Gasteiger partial charge on any atom is 0.333 e. The number of ether oxygens (including phenoxy) is 1. The summed E-state index contributed by atoms with van der Waals surface area (Å²) in [6.07, 6.45) is 0. The zero-order chi connectivity index (χ0) is 15.4. The fourth-order valence-electron chi connectivity index (χ4n) is 1.91. The molecule has 0 fully saturated rings. The van der Waals surface area contributed by atoms with E-state index in [0.29, 0.717) is 10.4 Å². The van der Waals surface area contributed by atoms with E-state index in [4.69, 9.17) is 4.74 Å². The average molecular weight is 303 g/mol. The molecule has 1 aromatic heterocycles. The maximum absolute atomic E-state index is 12.2. The molecule has 21 heavy (non-hydrogen) atoms. The van der Waals surface area contributed by atoms with Crippen LogP contribution < -0.4 is 5.32 Å². The van der Waals surface area contributed by atoms with E-state index in [1.165, 1.54) is 18.4 Å². The van der Waals surface area contributed by atoms with Crippen molar-refractivity contribution in [3.05, 3.63) is 57.3 Å². The molecule has 1 heterocycles. The highest BCUT2D eigenvalue weighted by molar-refractivity contribution is 7.13. The third kappa shape index (κ3) is 3.70. The summed E-state index contributed by atoms with van der Waals surface area (Å²) in [6, 6.07) is 10.2. The van der Waals surface area contributed by atoms with Crippen molar-refractivity contribution in [1.29, 1.82) is 0 Å². The summed E-state index contributed by atoms with van der Waals surface area (Å²) in [5, 5.41) is 2.73. The Balaban J connectivity index is 2.23. The molecule has 1 aromatic carbocycles. The van der Waals surface area contributed by atoms with Crippen molar-refractivity contribution >= 4 is 23.2 Å². The predicted octanol–water partition coefficient (Wildman–Crippen LogP) is 3.01. The van der Waals surface area contributed by atoms with Crippen LogP contribution in [-0.4, -0.2) is 19.0 Å². The minimum atomic E-state index is -0.800. The van der Waals surface area contributed by atoms with Gasteiger partial charge in [0.2, 0.25) is 0 Å². The zero-order valence-electron chi connectivity index (χ0n) is 12.2. The van der Waals surface area contributed by atoms with Crippen LogP contribution in [0.15, 0.2) is 36.4 Å². The summed E-state index contributed by atoms with van der Waals surface area (Å²) >= 11 is 1.39. The van der Waals surface area contributed by atoms with Crippen LogP contribution >= 0.6 is 11.3 Å². The van der Waals surface area contributed by atoms with Crippen molar-refractivity contribution in [1.82, 2.24) is 5.32 Å². The van der Waals surface area contributed by atoms with Crippen LogP contribution in [0.4, 0.5) is 0 Å². The molecule has 4 nitrogen and oxygen atoms in total. The van der Waals surface area contributed by atoms with Gasteiger partial charge in [0.1, 0.15) is 0 Å². The Bertz CT molecular complexity index is 646. The maximum atomic E-state index is 12.2. The number of carbonyl (C=O) groups excluding carboxylic acids is 2. The second-order valence-electron chi connectivity index (χ2n) is 4.75. The van der Waals surface area contributed by atoms with Crippen LogP contribution in [0.1, 0.15) is 31.7 Å². The Morgan fingerprint density at radius 2 is 1.76 bits per heavy atom. The molecular weight excluding hydrogens is 286 g/mol. The number of thiophene rings is 1. The van der Waals surface area contributed by atoms with Gasteiger partial charge in [-0.25, -0.2) is 4.79 Å². The molecule has 0 unspecified atom stereocenters. The highest BCUT2D eigenvalue weighted by Crippen LogP contribution is 2.19. The van der Waals surface area contributed by atoms with Gasteiger partial charge in [-0.3, -0.25) is 4.79 Å². The van der Waals surface area contributed by atoms with Gasteiger partial charge in [-0.15, -0.1) is 11.3 Å². The van der Waals surface area contributed by atoms with Gasteiger partial charge in [-0.1, -0.05) is 29.8 Å². The molecule has 2 aromatic rings. The lowest BCUT2D eigenvalue weighted by Crippen LogP contribution is -2.34. The van der Waals surface area contributed by atoms with Crippen LogP contribution in [-0.2, 0) is 9.53 Å². The second-order valence-corrected chi connectivity index (χ2v) is 6.04. The smallest absolute Gasteiger partial charge is 0.333 e. The Labute approximate surface area is 127 Å². The van der Waals surface area contributed by atoms with Crippen molar-refractivity contribution < 1.29 is 14.3 Å². The minimum absolute atomic E-state index is 0.274. The third-order valence-corrected chi connectivity index (χ3v) is 4.09. The fourth-order valence-corrected chi connectivity index (χ4v) is 2.68. The van der Waals surface area contributed by atoms with Gasteiger partial charge in [0.25, 0.3) is 5.91 Å². The van der Waals surface area contributed by atoms with E-state index in [0.717, 1.165) is 10.4 Å². The lowest BCUT2D eigenvalue weighted by molar-refractivity contribution is -0.143. The van der Waals surface area contributed by atoms with E-state index in [9.17, 15) is 9.59 Å². The number of rotatable bonds is 4. The number of aryl methyl sites for hydroxylation is 2. The predicted molar refractivity (Wildman–Crippen MR) is 82.5 cm³/mol. The topological polar surface area (TPSA) is 55.4 Å². The van der Waals surface area contributed by atoms with E-state index in [2.05, 4.69) is 5.32 Å². The Hall–Kier alpha value is -2.14. The molecule has 0 radical (unpaired) electrons. The van der Waals surface area contributed by atoms with E-state index in [1.807, 2.05) is 44.2 Å². The lowest BCUT2D eigenvalue weighted by Gasteiger charge is -2.16. The molecule has 5 heteroatoms. The molecule has 1 amide bonds. The van der Waals surface area contributed by atoms with Crippen molar-refractivity contribution in [3.8, 4) is 0 Å². The van der Waals surface area contributed by atoms with E-state index in [-0.39, 0.29) is 5.91 Å². The Morgan fingerprint density at radius 1 is 1.10 bits per heavy atom. The Morgan fingerprint density at radius 3 is 2.29 bits per heavy atom. The summed E-state index contributed by atoms with van der Waals surface area (Å²) in [6.45, 7) is 3.89. The normalized spacial score (nSPS) is 11.8. The summed E-state index contributed by atoms with van der Waals surface area (Å²) in [5.74, 6) is -0.760. The highest BCUT2D eigenvalue weighted by Gasteiger charge is 2.24. The SMILES string of the molecule is COC(=O)[C@@H](NC(=O)c1ccc(C)s1)c1ccc(C)cc1. The molecule has 0 spiro atoms. The molecule has 1 atom stereocenters. The van der Waals surface area contributed by atoms with E-state index < -0.39 is 12.0 Å². The van der Waals surface area contributed by atoms with Gasteiger partial charge in [0.15, 0.2) is 6.04 Å². The van der Waals surface area contributed by atoms with Crippen LogP contribution in [0.25, 0.3) is 0 Å². The van der Waals surface area contributed by atoms with Crippen molar-refractivity contribution in [2.75, 3.05) is 7.11 Å². The molecule has 1 N–H and O–H groups in total. The second kappa shape index (κ2) is 6.54. The standard InChI is InChI=1S/C16H17NO3S/c1-10-4-7-12(8-5-10)14(16(19)20-3)17-15(18)13-9-6-11(2)21-13/h4-9,14H,1-3H3,(H,17,18)/t14-/m0/s1. The van der Waals surface area contributed by atoms with Crippen LogP contribution in [0.3, 0.4) is 0 Å². The number of hydrogen-bond acceptors (Lipinski definition) is 4. The van der Waals surface area contributed by atoms with E-state index >= 15 is 0 Å². The summed E-state index contributed by atoms with van der Waals surface area (Å²) in [5.41, 5.74) is 1.79. The monoisotopic (exact) mass is 303 g/mol. The third-order valence-electron chi connectivity index (χ3n) is 3.09. The lowest BCUT2D eigenvalue weighted by atomic mass is 10.1. The van der Waals surface area contributed by atoms with Crippen LogP contribution in [0.5, 0.6) is 0 Å². The number of esters is 1. The van der Waals surface area contributed by atoms with Gasteiger partial charge in [-0.05, 0) is 31.5 Å². The number of amides is 1. The van der Waals surface area contributed by atoms with Gasteiger partial charge in [0.05, 0.1) is 12.0 Å². The molecule has 0 saturated heterocycles. The number of nitrogens with one attached hydrogen (secondary N) is 1. The molecule has 2 rings (SSSR count). The van der Waals surface area contributed by atoms with Gasteiger partial charge < -0.3 is 10.1 Å². The molecule has 0 aliphatic carbocycles. The highest BCUT2D eigenvalue weighted by atomic mass is 32.1. The first kappa shape index (κ1) is 15.3. The molecular formula is C16H17NO3S. The van der Waals surface area contributed by atoms with E-state index in [1.54, 1.807) is 6.07 Å². The largest absolute Gasteiger partial charge is 0.467 e. The van der Waals surface area contributed by atoms with Gasteiger partial charge in [0, 0.05) is 4.88 Å². The van der Waals surface area contributed by atoms with Gasteiger partial charge in [-0.2, -0.15) is 0 Å². The zero-order valence-corrected chi connectivity index (χ0v) is 13.0. The van der Waals surface area contributed by atoms with Crippen molar-refractivity contribution in [2.45, 2.75) is 19.9 Å². The van der Waals surface area contributed by atoms with Crippen LogP contribution in [0.2, 0.25) is 0 Å². The Kier molecular flexibility index (Phi) is 4.75. The van der Waals surface area contributed by atoms with Crippen molar-refractivity contribution in [3.63, 3.8) is 0 Å². The first-order chi connectivity index (χ1) is 10.0. The minimum Gasteiger partial charge on any atom is -0.467 e. The molecule has 110 valence electrons. The van der Waals surface area contributed by atoms with Crippen molar-refractivity contribution in [2.24, 2.45) is 0 Å². The molecule has 0 aliphatic rings. The number of benzene rings is 1.